The average molecular weight is 260 g/mol. The van der Waals surface area contributed by atoms with Crippen LogP contribution in [0.5, 0.6) is 0 Å². The number of carbonyl (C=O) groups excluding carboxylic acids is 1. The molecule has 5 nitrogen and oxygen atoms in total. The molecule has 1 aromatic heterocycles. The molecule has 0 spiro atoms. The minimum atomic E-state index is -0.107. The van der Waals surface area contributed by atoms with E-state index in [2.05, 4.69) is 15.2 Å². The molecule has 2 fully saturated rings. The van der Waals surface area contributed by atoms with Crippen LogP contribution in [-0.4, -0.2) is 41.0 Å². The molecule has 0 aromatic carbocycles. The zero-order valence-corrected chi connectivity index (χ0v) is 11.0. The highest BCUT2D eigenvalue weighted by Crippen LogP contribution is 2.27. The van der Waals surface area contributed by atoms with Gasteiger partial charge in [-0.1, -0.05) is 12.5 Å². The Morgan fingerprint density at radius 2 is 2.21 bits per heavy atom. The molecular formula is C14H20N4O. The fraction of sp³-hybridized carbons (Fsp3) is 0.571. The third kappa shape index (κ3) is 2.56. The van der Waals surface area contributed by atoms with Crippen LogP contribution in [0.4, 0.5) is 5.82 Å². The summed E-state index contributed by atoms with van der Waals surface area (Å²) in [4.78, 5) is 18.8. The van der Waals surface area contributed by atoms with E-state index in [9.17, 15) is 4.79 Å². The number of amides is 1. The predicted octanol–water partition coefficient (Wildman–Crippen LogP) is 1.02. The number of fused-ring (bicyclic) bond motifs is 1. The van der Waals surface area contributed by atoms with Crippen LogP contribution in [0.3, 0.4) is 0 Å². The molecule has 5 heteroatoms. The van der Waals surface area contributed by atoms with E-state index in [-0.39, 0.29) is 11.9 Å². The van der Waals surface area contributed by atoms with Crippen LogP contribution in [0.25, 0.3) is 0 Å². The van der Waals surface area contributed by atoms with Crippen molar-refractivity contribution in [2.75, 3.05) is 18.8 Å². The van der Waals surface area contributed by atoms with Crippen molar-refractivity contribution in [3.05, 3.63) is 23.9 Å². The molecule has 2 saturated heterocycles. The van der Waals surface area contributed by atoms with Crippen molar-refractivity contribution in [1.82, 2.24) is 15.2 Å². The molecular weight excluding hydrogens is 240 g/mol. The second-order valence-electron chi connectivity index (χ2n) is 5.42. The molecule has 2 aliphatic rings. The lowest BCUT2D eigenvalue weighted by Crippen LogP contribution is -2.46. The molecule has 3 heterocycles. The van der Waals surface area contributed by atoms with E-state index in [1.165, 1.54) is 25.8 Å². The number of hydrogen-bond acceptors (Lipinski definition) is 4. The number of rotatable bonds is 2. The minimum absolute atomic E-state index is 0.107. The number of nitrogens with two attached hydrogens (primary N) is 1. The van der Waals surface area contributed by atoms with Gasteiger partial charge in [0.2, 0.25) is 0 Å². The summed E-state index contributed by atoms with van der Waals surface area (Å²) in [5, 5.41) is 3.12. The highest BCUT2D eigenvalue weighted by Gasteiger charge is 2.36. The highest BCUT2D eigenvalue weighted by atomic mass is 16.2. The number of aromatic nitrogens is 1. The van der Waals surface area contributed by atoms with Gasteiger partial charge in [-0.15, -0.1) is 0 Å². The van der Waals surface area contributed by atoms with Gasteiger partial charge in [0.1, 0.15) is 11.5 Å². The second kappa shape index (κ2) is 5.17. The molecule has 1 amide bonds. The maximum atomic E-state index is 12.2. The fourth-order valence-corrected chi connectivity index (χ4v) is 3.24. The third-order valence-electron chi connectivity index (χ3n) is 4.18. The molecule has 0 aliphatic carbocycles. The van der Waals surface area contributed by atoms with Gasteiger partial charge in [0.15, 0.2) is 0 Å². The Labute approximate surface area is 113 Å². The largest absolute Gasteiger partial charge is 0.384 e. The van der Waals surface area contributed by atoms with E-state index >= 15 is 0 Å². The maximum absolute atomic E-state index is 12.2. The molecule has 3 rings (SSSR count). The van der Waals surface area contributed by atoms with Crippen molar-refractivity contribution < 1.29 is 4.79 Å². The standard InChI is InChI=1S/C14H20N4O/c15-13-6-3-4-11(16-13)14(19)17-10-7-9-18-8-2-1-5-12(10)18/h3-4,6,10,12H,1-2,5,7-9H2,(H2,15,16)(H,17,19). The van der Waals surface area contributed by atoms with Crippen LogP contribution in [0.2, 0.25) is 0 Å². The van der Waals surface area contributed by atoms with Gasteiger partial charge in [0.25, 0.3) is 5.91 Å². The fourth-order valence-electron chi connectivity index (χ4n) is 3.24. The average Bonchev–Trinajstić information content (AvgIpc) is 2.82. The number of hydrogen-bond donors (Lipinski definition) is 2. The number of pyridine rings is 1. The van der Waals surface area contributed by atoms with Crippen molar-refractivity contribution in [2.45, 2.75) is 37.8 Å². The molecule has 2 unspecified atom stereocenters. The number of anilines is 1. The van der Waals surface area contributed by atoms with Crippen LogP contribution in [-0.2, 0) is 0 Å². The summed E-state index contributed by atoms with van der Waals surface area (Å²) in [6.45, 7) is 2.27. The topological polar surface area (TPSA) is 71.2 Å². The zero-order valence-electron chi connectivity index (χ0n) is 11.0. The molecule has 0 bridgehead atoms. The van der Waals surface area contributed by atoms with E-state index < -0.39 is 0 Å². The summed E-state index contributed by atoms with van der Waals surface area (Å²) < 4.78 is 0. The number of piperidine rings is 1. The highest BCUT2D eigenvalue weighted by molar-refractivity contribution is 5.92. The Kier molecular flexibility index (Phi) is 3.38. The first kappa shape index (κ1) is 12.4. The number of nitrogen functional groups attached to an aromatic ring is 1. The van der Waals surface area contributed by atoms with Crippen LogP contribution in [0, 0.1) is 0 Å². The van der Waals surface area contributed by atoms with E-state index in [1.807, 2.05) is 0 Å². The normalized spacial score (nSPS) is 26.9. The van der Waals surface area contributed by atoms with E-state index in [1.54, 1.807) is 18.2 Å². The number of carbonyl (C=O) groups is 1. The lowest BCUT2D eigenvalue weighted by molar-refractivity contribution is 0.0910. The zero-order chi connectivity index (χ0) is 13.2. The summed E-state index contributed by atoms with van der Waals surface area (Å²) in [6.07, 6.45) is 4.78. The Balaban J connectivity index is 1.66. The van der Waals surface area contributed by atoms with E-state index in [4.69, 9.17) is 5.73 Å². The van der Waals surface area contributed by atoms with Gasteiger partial charge in [-0.25, -0.2) is 4.98 Å². The van der Waals surface area contributed by atoms with Crippen molar-refractivity contribution >= 4 is 11.7 Å². The van der Waals surface area contributed by atoms with Crippen LogP contribution in [0.1, 0.15) is 36.2 Å². The molecule has 19 heavy (non-hydrogen) atoms. The summed E-state index contributed by atoms with van der Waals surface area (Å²) in [6, 6.07) is 5.93. The van der Waals surface area contributed by atoms with Crippen molar-refractivity contribution in [3.63, 3.8) is 0 Å². The second-order valence-corrected chi connectivity index (χ2v) is 5.42. The lowest BCUT2D eigenvalue weighted by atomic mass is 9.99. The summed E-state index contributed by atoms with van der Waals surface area (Å²) in [5.74, 6) is 0.281. The first-order valence-corrected chi connectivity index (χ1v) is 7.01. The van der Waals surface area contributed by atoms with Crippen molar-refractivity contribution in [3.8, 4) is 0 Å². The van der Waals surface area contributed by atoms with Gasteiger partial charge < -0.3 is 11.1 Å². The van der Waals surface area contributed by atoms with Crippen molar-refractivity contribution in [1.29, 1.82) is 0 Å². The Hall–Kier alpha value is -1.62. The quantitative estimate of drug-likeness (QED) is 0.833. The molecule has 2 atom stereocenters. The molecule has 1 aromatic rings. The van der Waals surface area contributed by atoms with Crippen molar-refractivity contribution in [2.24, 2.45) is 0 Å². The predicted molar refractivity (Wildman–Crippen MR) is 73.7 cm³/mol. The van der Waals surface area contributed by atoms with Gasteiger partial charge in [-0.3, -0.25) is 9.69 Å². The monoisotopic (exact) mass is 260 g/mol. The van der Waals surface area contributed by atoms with Gasteiger partial charge in [0, 0.05) is 18.6 Å². The number of nitrogens with zero attached hydrogens (tertiary/aromatic N) is 2. The minimum Gasteiger partial charge on any atom is -0.384 e. The molecule has 0 saturated carbocycles. The van der Waals surface area contributed by atoms with E-state index in [0.29, 0.717) is 17.6 Å². The smallest absolute Gasteiger partial charge is 0.270 e. The van der Waals surface area contributed by atoms with E-state index in [0.717, 1.165) is 13.0 Å². The van der Waals surface area contributed by atoms with Gasteiger partial charge in [0.05, 0.1) is 0 Å². The molecule has 0 radical (unpaired) electrons. The Morgan fingerprint density at radius 3 is 3.05 bits per heavy atom. The summed E-state index contributed by atoms with van der Waals surface area (Å²) in [5.41, 5.74) is 6.02. The van der Waals surface area contributed by atoms with Crippen LogP contribution >= 0.6 is 0 Å². The first-order chi connectivity index (χ1) is 9.24. The molecule has 3 N–H and O–H groups in total. The lowest BCUT2D eigenvalue weighted by Gasteiger charge is -2.32. The van der Waals surface area contributed by atoms with Gasteiger partial charge >= 0.3 is 0 Å². The summed E-state index contributed by atoms with van der Waals surface area (Å²) >= 11 is 0. The molecule has 102 valence electrons. The summed E-state index contributed by atoms with van der Waals surface area (Å²) in [7, 11) is 0. The third-order valence-corrected chi connectivity index (χ3v) is 4.18. The maximum Gasteiger partial charge on any atom is 0.270 e. The van der Waals surface area contributed by atoms with Crippen LogP contribution < -0.4 is 11.1 Å². The Bertz CT molecular complexity index is 476. The SMILES string of the molecule is Nc1cccc(C(=O)NC2CCN3CCCCC23)n1. The molecule has 2 aliphatic heterocycles. The first-order valence-electron chi connectivity index (χ1n) is 7.01. The number of nitrogens with one attached hydrogen (secondary N) is 1. The van der Waals surface area contributed by atoms with Gasteiger partial charge in [-0.2, -0.15) is 0 Å². The Morgan fingerprint density at radius 1 is 1.32 bits per heavy atom. The van der Waals surface area contributed by atoms with Gasteiger partial charge in [-0.05, 0) is 37.9 Å². The van der Waals surface area contributed by atoms with Crippen LogP contribution in [0.15, 0.2) is 18.2 Å².